The van der Waals surface area contributed by atoms with Gasteiger partial charge in [-0.25, -0.2) is 0 Å². The van der Waals surface area contributed by atoms with Crippen molar-refractivity contribution in [3.63, 3.8) is 0 Å². The van der Waals surface area contributed by atoms with Crippen LogP contribution in [0.15, 0.2) is 18.2 Å². The van der Waals surface area contributed by atoms with Gasteiger partial charge >= 0.3 is 0 Å². The van der Waals surface area contributed by atoms with E-state index < -0.39 is 6.10 Å². The molecule has 1 aromatic rings. The van der Waals surface area contributed by atoms with E-state index in [0.717, 1.165) is 17.1 Å². The van der Waals surface area contributed by atoms with Crippen LogP contribution in [-0.2, 0) is 0 Å². The van der Waals surface area contributed by atoms with Crippen LogP contribution in [0.25, 0.3) is 0 Å². The Balaban J connectivity index is 2.87. The highest BCUT2D eigenvalue weighted by molar-refractivity contribution is 5.44. The first-order chi connectivity index (χ1) is 9.49. The van der Waals surface area contributed by atoms with Gasteiger partial charge in [-0.15, -0.1) is 0 Å². The van der Waals surface area contributed by atoms with Crippen LogP contribution < -0.4 is 15.2 Å². The van der Waals surface area contributed by atoms with Crippen LogP contribution in [0, 0.1) is 0 Å². The first-order valence-corrected chi connectivity index (χ1v) is 7.32. The molecule has 0 saturated heterocycles. The Morgan fingerprint density at radius 3 is 2.25 bits per heavy atom. The highest BCUT2D eigenvalue weighted by atomic mass is 16.5. The van der Waals surface area contributed by atoms with Gasteiger partial charge in [0.2, 0.25) is 0 Å². The van der Waals surface area contributed by atoms with E-state index in [-0.39, 0.29) is 12.0 Å². The Morgan fingerprint density at radius 2 is 1.70 bits per heavy atom. The standard InChI is InChI=1S/C16H27NO3/c1-5-19-15-8-7-13(10-16(15)20-6-2)11(3)9-14(18)12(4)17/h7-8,10-12,14,18H,5-6,9,17H2,1-4H3. The molecule has 3 atom stereocenters. The molecular formula is C16H27NO3. The Hall–Kier alpha value is -1.26. The van der Waals surface area contributed by atoms with Gasteiger partial charge in [0, 0.05) is 6.04 Å². The van der Waals surface area contributed by atoms with Crippen LogP contribution in [0.5, 0.6) is 11.5 Å². The molecule has 0 aromatic heterocycles. The van der Waals surface area contributed by atoms with Crippen molar-refractivity contribution >= 4 is 0 Å². The molecule has 20 heavy (non-hydrogen) atoms. The summed E-state index contributed by atoms with van der Waals surface area (Å²) in [5, 5.41) is 9.89. The monoisotopic (exact) mass is 281 g/mol. The SMILES string of the molecule is CCOc1ccc(C(C)CC(O)C(C)N)cc1OCC. The van der Waals surface area contributed by atoms with Crippen LogP contribution in [0.2, 0.25) is 0 Å². The molecule has 0 amide bonds. The van der Waals surface area contributed by atoms with Gasteiger partial charge in [0.25, 0.3) is 0 Å². The summed E-state index contributed by atoms with van der Waals surface area (Å²) in [6.45, 7) is 9.01. The molecule has 4 nitrogen and oxygen atoms in total. The van der Waals surface area contributed by atoms with E-state index in [9.17, 15) is 5.11 Å². The molecule has 0 heterocycles. The van der Waals surface area contributed by atoms with E-state index in [2.05, 4.69) is 6.92 Å². The predicted octanol–water partition coefficient (Wildman–Crippen LogP) is 2.69. The molecule has 3 unspecified atom stereocenters. The molecule has 0 fully saturated rings. The summed E-state index contributed by atoms with van der Waals surface area (Å²) in [4.78, 5) is 0. The van der Waals surface area contributed by atoms with Crippen molar-refractivity contribution in [2.75, 3.05) is 13.2 Å². The van der Waals surface area contributed by atoms with Gasteiger partial charge in [0.1, 0.15) is 0 Å². The van der Waals surface area contributed by atoms with Crippen molar-refractivity contribution in [1.29, 1.82) is 0 Å². The summed E-state index contributed by atoms with van der Waals surface area (Å²) in [6, 6.07) is 5.73. The molecule has 0 aliphatic heterocycles. The van der Waals surface area contributed by atoms with Gasteiger partial charge < -0.3 is 20.3 Å². The van der Waals surface area contributed by atoms with Gasteiger partial charge in [0.15, 0.2) is 11.5 Å². The first kappa shape index (κ1) is 16.8. The molecule has 3 N–H and O–H groups in total. The second-order valence-electron chi connectivity index (χ2n) is 5.14. The van der Waals surface area contributed by atoms with E-state index in [1.165, 1.54) is 0 Å². The molecule has 1 aromatic carbocycles. The Labute approximate surface area is 121 Å². The third kappa shape index (κ3) is 4.69. The number of aliphatic hydroxyl groups is 1. The number of ether oxygens (including phenoxy) is 2. The molecular weight excluding hydrogens is 254 g/mol. The zero-order valence-corrected chi connectivity index (χ0v) is 12.9. The van der Waals surface area contributed by atoms with E-state index in [0.29, 0.717) is 19.6 Å². The number of nitrogens with two attached hydrogens (primary N) is 1. The minimum absolute atomic E-state index is 0.214. The third-order valence-corrected chi connectivity index (χ3v) is 3.34. The molecule has 0 aliphatic rings. The Morgan fingerprint density at radius 1 is 1.10 bits per heavy atom. The summed E-state index contributed by atoms with van der Waals surface area (Å²) < 4.78 is 11.2. The van der Waals surface area contributed by atoms with Crippen LogP contribution in [-0.4, -0.2) is 30.5 Å². The maximum Gasteiger partial charge on any atom is 0.161 e. The third-order valence-electron chi connectivity index (χ3n) is 3.34. The fraction of sp³-hybridized carbons (Fsp3) is 0.625. The summed E-state index contributed by atoms with van der Waals surface area (Å²) >= 11 is 0. The average molecular weight is 281 g/mol. The van der Waals surface area contributed by atoms with Crippen molar-refractivity contribution < 1.29 is 14.6 Å². The molecule has 1 rings (SSSR count). The van der Waals surface area contributed by atoms with Gasteiger partial charge in [0.05, 0.1) is 19.3 Å². The molecule has 0 spiro atoms. The number of hydrogen-bond donors (Lipinski definition) is 2. The predicted molar refractivity (Wildman–Crippen MR) is 81.5 cm³/mol. The van der Waals surface area contributed by atoms with Gasteiger partial charge in [-0.05, 0) is 50.8 Å². The number of benzene rings is 1. The fourth-order valence-electron chi connectivity index (χ4n) is 2.09. The van der Waals surface area contributed by atoms with Gasteiger partial charge in [-0.2, -0.15) is 0 Å². The summed E-state index contributed by atoms with van der Waals surface area (Å²) in [7, 11) is 0. The van der Waals surface area contributed by atoms with E-state index >= 15 is 0 Å². The number of hydrogen-bond acceptors (Lipinski definition) is 4. The van der Waals surface area contributed by atoms with Gasteiger partial charge in [-0.1, -0.05) is 13.0 Å². The molecule has 0 radical (unpaired) electrons. The highest BCUT2D eigenvalue weighted by Gasteiger charge is 2.17. The Bertz CT molecular complexity index is 407. The maximum absolute atomic E-state index is 9.89. The van der Waals surface area contributed by atoms with E-state index in [4.69, 9.17) is 15.2 Å². The fourth-order valence-corrected chi connectivity index (χ4v) is 2.09. The lowest BCUT2D eigenvalue weighted by Gasteiger charge is -2.20. The molecule has 0 bridgehead atoms. The average Bonchev–Trinajstić information content (AvgIpc) is 2.41. The highest BCUT2D eigenvalue weighted by Crippen LogP contribution is 2.32. The lowest BCUT2D eigenvalue weighted by atomic mass is 9.92. The maximum atomic E-state index is 9.89. The molecule has 0 saturated carbocycles. The van der Waals surface area contributed by atoms with Gasteiger partial charge in [-0.3, -0.25) is 0 Å². The number of rotatable bonds is 8. The lowest BCUT2D eigenvalue weighted by molar-refractivity contribution is 0.134. The van der Waals surface area contributed by atoms with Crippen molar-refractivity contribution in [3.05, 3.63) is 23.8 Å². The molecule has 0 aliphatic carbocycles. The summed E-state index contributed by atoms with van der Waals surface area (Å²) in [6.07, 6.45) is 0.143. The minimum Gasteiger partial charge on any atom is -0.490 e. The zero-order valence-electron chi connectivity index (χ0n) is 12.9. The van der Waals surface area contributed by atoms with E-state index in [1.807, 2.05) is 39.0 Å². The smallest absolute Gasteiger partial charge is 0.161 e. The summed E-state index contributed by atoms with van der Waals surface area (Å²) in [5.74, 6) is 1.73. The largest absolute Gasteiger partial charge is 0.490 e. The van der Waals surface area contributed by atoms with Crippen molar-refractivity contribution in [2.24, 2.45) is 5.73 Å². The molecule has 4 heteroatoms. The first-order valence-electron chi connectivity index (χ1n) is 7.32. The van der Waals surface area contributed by atoms with E-state index in [1.54, 1.807) is 0 Å². The van der Waals surface area contributed by atoms with Crippen molar-refractivity contribution in [2.45, 2.75) is 52.2 Å². The van der Waals surface area contributed by atoms with Crippen LogP contribution in [0.1, 0.15) is 45.6 Å². The lowest BCUT2D eigenvalue weighted by Crippen LogP contribution is -2.32. The Kier molecular flexibility index (Phi) is 6.82. The second-order valence-corrected chi connectivity index (χ2v) is 5.14. The van der Waals surface area contributed by atoms with Crippen molar-refractivity contribution in [1.82, 2.24) is 0 Å². The molecule has 114 valence electrons. The second kappa shape index (κ2) is 8.12. The number of aliphatic hydroxyl groups excluding tert-OH is 1. The van der Waals surface area contributed by atoms with Crippen LogP contribution in [0.4, 0.5) is 0 Å². The van der Waals surface area contributed by atoms with Crippen LogP contribution in [0.3, 0.4) is 0 Å². The topological polar surface area (TPSA) is 64.7 Å². The minimum atomic E-state index is -0.493. The van der Waals surface area contributed by atoms with Crippen LogP contribution >= 0.6 is 0 Å². The summed E-state index contributed by atoms with van der Waals surface area (Å²) in [5.41, 5.74) is 6.83. The quantitative estimate of drug-likeness (QED) is 0.769. The zero-order chi connectivity index (χ0) is 15.1. The van der Waals surface area contributed by atoms with Crippen molar-refractivity contribution in [3.8, 4) is 11.5 Å². The normalized spacial score (nSPS) is 15.5.